The number of methoxy groups -OCH3 is 1. The van der Waals surface area contributed by atoms with Gasteiger partial charge < -0.3 is 10.1 Å². The number of carbonyl (C=O) groups is 1. The van der Waals surface area contributed by atoms with Gasteiger partial charge in [0, 0.05) is 13.7 Å². The van der Waals surface area contributed by atoms with Crippen LogP contribution in [0.15, 0.2) is 47.4 Å². The Morgan fingerprint density at radius 3 is 2.57 bits per heavy atom. The lowest BCUT2D eigenvalue weighted by molar-refractivity contribution is -0.122. The average molecular weight is 336 g/mol. The minimum Gasteiger partial charge on any atom is -0.383 e. The molecule has 6 nitrogen and oxygen atoms in total. The molecule has 0 fully saturated rings. The number of rotatable bonds is 7. The number of sulfonamides is 1. The highest BCUT2D eigenvalue weighted by atomic mass is 32.2. The molecule has 0 radical (unpaired) electrons. The van der Waals surface area contributed by atoms with Crippen LogP contribution in [0.3, 0.4) is 0 Å². The average Bonchev–Trinajstić information content (AvgIpc) is 2.54. The zero-order chi connectivity index (χ0) is 16.9. The van der Waals surface area contributed by atoms with E-state index in [-0.39, 0.29) is 4.90 Å². The smallest absolute Gasteiger partial charge is 0.241 e. The van der Waals surface area contributed by atoms with E-state index in [1.165, 1.54) is 20.1 Å². The van der Waals surface area contributed by atoms with Crippen molar-refractivity contribution in [3.63, 3.8) is 0 Å². The summed E-state index contributed by atoms with van der Waals surface area (Å²) in [5, 5.41) is 4.38. The maximum atomic E-state index is 12.4. The highest BCUT2D eigenvalue weighted by Crippen LogP contribution is 2.19. The normalized spacial score (nSPS) is 13.0. The van der Waals surface area contributed by atoms with Crippen LogP contribution < -0.4 is 10.0 Å². The summed E-state index contributed by atoms with van der Waals surface area (Å²) in [6, 6.07) is 11.5. The van der Waals surface area contributed by atoms with Crippen molar-refractivity contribution in [3.8, 4) is 0 Å². The number of hydrogen-bond donors (Lipinski definition) is 2. The molecule has 2 aromatic carbocycles. The van der Waals surface area contributed by atoms with Gasteiger partial charge >= 0.3 is 0 Å². The van der Waals surface area contributed by atoms with E-state index in [1.54, 1.807) is 12.1 Å². The maximum absolute atomic E-state index is 12.4. The highest BCUT2D eigenvalue weighted by molar-refractivity contribution is 7.89. The largest absolute Gasteiger partial charge is 0.383 e. The predicted molar refractivity (Wildman–Crippen MR) is 88.6 cm³/mol. The van der Waals surface area contributed by atoms with Crippen molar-refractivity contribution in [1.82, 2.24) is 10.0 Å². The van der Waals surface area contributed by atoms with E-state index >= 15 is 0 Å². The minimum atomic E-state index is -3.77. The fourth-order valence-electron chi connectivity index (χ4n) is 2.12. The number of ether oxygens (including phenoxy) is 1. The van der Waals surface area contributed by atoms with E-state index in [0.29, 0.717) is 13.2 Å². The molecule has 0 unspecified atom stereocenters. The van der Waals surface area contributed by atoms with Crippen LogP contribution in [0.1, 0.15) is 6.92 Å². The van der Waals surface area contributed by atoms with Crippen LogP contribution in [-0.4, -0.2) is 40.6 Å². The molecule has 7 heteroatoms. The Kier molecular flexibility index (Phi) is 5.70. The first-order valence-corrected chi connectivity index (χ1v) is 8.70. The van der Waals surface area contributed by atoms with Crippen LogP contribution in [0.25, 0.3) is 10.8 Å². The molecule has 0 aliphatic rings. The first-order chi connectivity index (χ1) is 10.9. The van der Waals surface area contributed by atoms with Crippen LogP contribution in [0.2, 0.25) is 0 Å². The van der Waals surface area contributed by atoms with Crippen molar-refractivity contribution in [3.05, 3.63) is 42.5 Å². The second-order valence-corrected chi connectivity index (χ2v) is 6.85. The molecule has 124 valence electrons. The van der Waals surface area contributed by atoms with E-state index in [4.69, 9.17) is 4.74 Å². The molecule has 0 spiro atoms. The predicted octanol–water partition coefficient (Wildman–Crippen LogP) is 1.27. The van der Waals surface area contributed by atoms with Crippen LogP contribution in [0, 0.1) is 0 Å². The Morgan fingerprint density at radius 1 is 1.17 bits per heavy atom. The molecular formula is C16H20N2O4S. The first kappa shape index (κ1) is 17.4. The second-order valence-electron chi connectivity index (χ2n) is 5.14. The van der Waals surface area contributed by atoms with Gasteiger partial charge in [-0.1, -0.05) is 30.3 Å². The molecule has 23 heavy (non-hydrogen) atoms. The summed E-state index contributed by atoms with van der Waals surface area (Å²) < 4.78 is 32.0. The van der Waals surface area contributed by atoms with Crippen LogP contribution >= 0.6 is 0 Å². The lowest BCUT2D eigenvalue weighted by Crippen LogP contribution is -2.45. The molecule has 0 aliphatic carbocycles. The standard InChI is InChI=1S/C16H20N2O4S/c1-12(16(19)17-9-10-22-2)18-23(20,21)15-8-7-13-5-3-4-6-14(13)11-15/h3-8,11-12,18H,9-10H2,1-2H3,(H,17,19)/t12-/m0/s1. The van der Waals surface area contributed by atoms with Crippen molar-refractivity contribution in [1.29, 1.82) is 0 Å². The summed E-state index contributed by atoms with van der Waals surface area (Å²) in [4.78, 5) is 12.0. The third-order valence-corrected chi connectivity index (χ3v) is 4.90. The maximum Gasteiger partial charge on any atom is 0.241 e. The molecule has 0 heterocycles. The fourth-order valence-corrected chi connectivity index (χ4v) is 3.36. The van der Waals surface area contributed by atoms with Gasteiger partial charge in [0.1, 0.15) is 0 Å². The van der Waals surface area contributed by atoms with Gasteiger partial charge in [-0.05, 0) is 29.8 Å². The quantitative estimate of drug-likeness (QED) is 0.746. The fraction of sp³-hybridized carbons (Fsp3) is 0.312. The lowest BCUT2D eigenvalue weighted by atomic mass is 10.1. The molecule has 2 N–H and O–H groups in total. The summed E-state index contributed by atoms with van der Waals surface area (Å²) >= 11 is 0. The summed E-state index contributed by atoms with van der Waals surface area (Å²) in [5.41, 5.74) is 0. The molecule has 2 aromatic rings. The molecule has 0 aliphatic heterocycles. The van der Waals surface area contributed by atoms with E-state index in [9.17, 15) is 13.2 Å². The summed E-state index contributed by atoms with van der Waals surface area (Å²) in [5.74, 6) is -0.397. The zero-order valence-corrected chi connectivity index (χ0v) is 13.9. The molecule has 0 bridgehead atoms. The van der Waals surface area contributed by atoms with Crippen LogP contribution in [0.4, 0.5) is 0 Å². The molecule has 1 amide bonds. The molecule has 0 aromatic heterocycles. The minimum absolute atomic E-state index is 0.132. The highest BCUT2D eigenvalue weighted by Gasteiger charge is 2.21. The van der Waals surface area contributed by atoms with Gasteiger partial charge in [-0.15, -0.1) is 0 Å². The van der Waals surface area contributed by atoms with Gasteiger partial charge in [0.2, 0.25) is 15.9 Å². The SMILES string of the molecule is COCCNC(=O)[C@H](C)NS(=O)(=O)c1ccc2ccccc2c1. The Bertz CT molecular complexity index is 790. The number of carbonyl (C=O) groups excluding carboxylic acids is 1. The van der Waals surface area contributed by atoms with Crippen LogP contribution in [-0.2, 0) is 19.6 Å². The topological polar surface area (TPSA) is 84.5 Å². The number of benzene rings is 2. The summed E-state index contributed by atoms with van der Waals surface area (Å²) in [7, 11) is -2.24. The van der Waals surface area contributed by atoms with Crippen molar-refractivity contribution < 1.29 is 17.9 Å². The van der Waals surface area contributed by atoms with Gasteiger partial charge in [-0.3, -0.25) is 4.79 Å². The van der Waals surface area contributed by atoms with Crippen LogP contribution in [0.5, 0.6) is 0 Å². The first-order valence-electron chi connectivity index (χ1n) is 7.22. The van der Waals surface area contributed by atoms with Gasteiger partial charge in [-0.2, -0.15) is 4.72 Å². The van der Waals surface area contributed by atoms with Crippen molar-refractivity contribution in [2.75, 3.05) is 20.3 Å². The number of amides is 1. The van der Waals surface area contributed by atoms with Gasteiger partial charge in [0.05, 0.1) is 17.5 Å². The Hall–Kier alpha value is -1.96. The van der Waals surface area contributed by atoms with Crippen molar-refractivity contribution in [2.45, 2.75) is 17.9 Å². The van der Waals surface area contributed by atoms with E-state index < -0.39 is 22.0 Å². The van der Waals surface area contributed by atoms with Gasteiger partial charge in [0.25, 0.3) is 0 Å². The summed E-state index contributed by atoms with van der Waals surface area (Å²) in [6.07, 6.45) is 0. The number of nitrogens with one attached hydrogen (secondary N) is 2. The van der Waals surface area contributed by atoms with E-state index in [2.05, 4.69) is 10.0 Å². The van der Waals surface area contributed by atoms with Crippen molar-refractivity contribution in [2.24, 2.45) is 0 Å². The van der Waals surface area contributed by atoms with E-state index in [0.717, 1.165) is 10.8 Å². The second kappa shape index (κ2) is 7.54. The monoisotopic (exact) mass is 336 g/mol. The van der Waals surface area contributed by atoms with Crippen molar-refractivity contribution >= 4 is 26.7 Å². The van der Waals surface area contributed by atoms with E-state index in [1.807, 2.05) is 24.3 Å². The third kappa shape index (κ3) is 4.51. The Balaban J connectivity index is 2.12. The number of hydrogen-bond acceptors (Lipinski definition) is 4. The molecule has 0 saturated carbocycles. The zero-order valence-electron chi connectivity index (χ0n) is 13.1. The molecule has 0 saturated heterocycles. The Labute approximate surface area is 135 Å². The van der Waals surface area contributed by atoms with Gasteiger partial charge in [0.15, 0.2) is 0 Å². The molecule has 1 atom stereocenters. The Morgan fingerprint density at radius 2 is 1.87 bits per heavy atom. The molecular weight excluding hydrogens is 316 g/mol. The third-order valence-electron chi connectivity index (χ3n) is 3.36. The molecule has 2 rings (SSSR count). The summed E-state index contributed by atoms with van der Waals surface area (Å²) in [6.45, 7) is 2.20. The lowest BCUT2D eigenvalue weighted by Gasteiger charge is -2.14. The van der Waals surface area contributed by atoms with Gasteiger partial charge in [-0.25, -0.2) is 8.42 Å². The number of fused-ring (bicyclic) bond motifs is 1.